The van der Waals surface area contributed by atoms with Crippen LogP contribution in [0.1, 0.15) is 43.5 Å². The molecule has 1 amide bonds. The number of alkyl carbamates (subject to hydrolysis) is 1. The lowest BCUT2D eigenvalue weighted by atomic mass is 9.98. The number of hydrogen-bond acceptors (Lipinski definition) is 6. The number of carbonyl (C=O) groups is 2. The first-order valence-corrected chi connectivity index (χ1v) is 13.3. The fraction of sp³-hybridized carbons (Fsp3) is 0.323. The maximum absolute atomic E-state index is 12.8. The van der Waals surface area contributed by atoms with E-state index in [-0.39, 0.29) is 25.5 Å². The van der Waals surface area contributed by atoms with Gasteiger partial charge in [0.25, 0.3) is 0 Å². The second kappa shape index (κ2) is 11.1. The van der Waals surface area contributed by atoms with E-state index in [0.29, 0.717) is 5.69 Å². The number of carboxylic acid groups (broad SMARTS) is 1. The number of aliphatic carboxylic acids is 1. The van der Waals surface area contributed by atoms with Crippen molar-refractivity contribution in [2.24, 2.45) is 0 Å². The van der Waals surface area contributed by atoms with Crippen LogP contribution in [0.5, 0.6) is 0 Å². The van der Waals surface area contributed by atoms with Crippen molar-refractivity contribution in [2.45, 2.75) is 57.6 Å². The molecule has 0 spiro atoms. The van der Waals surface area contributed by atoms with Crippen molar-refractivity contribution in [3.05, 3.63) is 89.6 Å². The number of aliphatic hydroxyl groups excluding tert-OH is 1. The topological polar surface area (TPSA) is 123 Å². The Labute approximate surface area is 232 Å². The molecule has 0 saturated heterocycles. The highest BCUT2D eigenvalue weighted by Crippen LogP contribution is 2.44. The second-order valence-corrected chi connectivity index (χ2v) is 10.9. The van der Waals surface area contributed by atoms with E-state index in [9.17, 15) is 19.8 Å². The van der Waals surface area contributed by atoms with E-state index < -0.39 is 30.0 Å². The molecule has 40 heavy (non-hydrogen) atoms. The number of amides is 1. The molecule has 1 aliphatic rings. The smallest absolute Gasteiger partial charge is 0.407 e. The number of aromatic nitrogens is 2. The second-order valence-electron chi connectivity index (χ2n) is 10.9. The number of carboxylic acids is 1. The third-order valence-electron chi connectivity index (χ3n) is 6.88. The number of aliphatic hydroxyl groups is 1. The third kappa shape index (κ3) is 5.85. The van der Waals surface area contributed by atoms with E-state index in [1.54, 1.807) is 4.68 Å². The monoisotopic (exact) mass is 543 g/mol. The van der Waals surface area contributed by atoms with Gasteiger partial charge in [0.2, 0.25) is 0 Å². The van der Waals surface area contributed by atoms with Crippen LogP contribution in [0, 0.1) is 0 Å². The molecule has 1 aliphatic carbocycles. The average Bonchev–Trinajstić information content (AvgIpc) is 3.41. The Morgan fingerprint density at radius 3 is 2.20 bits per heavy atom. The van der Waals surface area contributed by atoms with Crippen molar-refractivity contribution in [3.63, 3.8) is 0 Å². The lowest BCUT2D eigenvalue weighted by Crippen LogP contribution is -2.43. The van der Waals surface area contributed by atoms with Gasteiger partial charge in [-0.2, -0.15) is 5.10 Å². The van der Waals surface area contributed by atoms with Gasteiger partial charge in [0, 0.05) is 17.7 Å². The largest absolute Gasteiger partial charge is 0.480 e. The summed E-state index contributed by atoms with van der Waals surface area (Å²) in [6.07, 6.45) is -1.99. The zero-order valence-electron chi connectivity index (χ0n) is 22.7. The van der Waals surface area contributed by atoms with Crippen LogP contribution in [0.4, 0.5) is 4.79 Å². The first kappa shape index (κ1) is 27.4. The van der Waals surface area contributed by atoms with Crippen molar-refractivity contribution in [2.75, 3.05) is 6.61 Å². The van der Waals surface area contributed by atoms with Gasteiger partial charge in [0.15, 0.2) is 6.29 Å². The molecule has 2 atom stereocenters. The molecule has 3 N–H and O–H groups in total. The lowest BCUT2D eigenvalue weighted by Gasteiger charge is -2.24. The molecule has 9 heteroatoms. The summed E-state index contributed by atoms with van der Waals surface area (Å²) in [6, 6.07) is 22.1. The van der Waals surface area contributed by atoms with Crippen molar-refractivity contribution in [3.8, 4) is 11.1 Å². The maximum Gasteiger partial charge on any atom is 0.407 e. The number of benzene rings is 3. The molecule has 0 radical (unpaired) electrons. The van der Waals surface area contributed by atoms with E-state index in [0.717, 1.165) is 33.2 Å². The lowest BCUT2D eigenvalue weighted by molar-refractivity contribution is -0.172. The molecule has 0 saturated carbocycles. The van der Waals surface area contributed by atoms with Crippen LogP contribution >= 0.6 is 0 Å². The highest BCUT2D eigenvalue weighted by molar-refractivity contribution is 5.85. The number of ether oxygens (including phenoxy) is 2. The molecule has 0 unspecified atom stereocenters. The molecule has 0 bridgehead atoms. The highest BCUT2D eigenvalue weighted by atomic mass is 16.6. The number of rotatable bonds is 9. The van der Waals surface area contributed by atoms with Gasteiger partial charge in [-0.1, -0.05) is 66.7 Å². The molecule has 9 nitrogen and oxygen atoms in total. The highest BCUT2D eigenvalue weighted by Gasteiger charge is 2.30. The first-order valence-electron chi connectivity index (χ1n) is 13.3. The molecular weight excluding hydrogens is 510 g/mol. The van der Waals surface area contributed by atoms with Crippen LogP contribution < -0.4 is 5.32 Å². The summed E-state index contributed by atoms with van der Waals surface area (Å²) in [5.74, 6) is -1.34. The Morgan fingerprint density at radius 2 is 1.57 bits per heavy atom. The van der Waals surface area contributed by atoms with Crippen molar-refractivity contribution < 1.29 is 29.3 Å². The van der Waals surface area contributed by atoms with Gasteiger partial charge in [-0.05, 0) is 49.1 Å². The first-order chi connectivity index (χ1) is 19.1. The van der Waals surface area contributed by atoms with Gasteiger partial charge in [0.1, 0.15) is 12.6 Å². The number of nitrogens with zero attached hydrogens (tertiary/aromatic N) is 2. The van der Waals surface area contributed by atoms with Crippen molar-refractivity contribution in [1.82, 2.24) is 15.1 Å². The fourth-order valence-electron chi connectivity index (χ4n) is 5.26. The molecule has 1 heterocycles. The normalized spacial score (nSPS) is 14.4. The Balaban J connectivity index is 1.28. The third-order valence-corrected chi connectivity index (χ3v) is 6.88. The summed E-state index contributed by atoms with van der Waals surface area (Å²) < 4.78 is 12.8. The Hall–Kier alpha value is -4.21. The van der Waals surface area contributed by atoms with Gasteiger partial charge < -0.3 is 25.0 Å². The standard InChI is InChI=1S/C31H33N3O6/c1-31(2,3)40-28(35)17-34-27-15-9-8-14-23(27)25(33-34)16-26(29(36)37)32-30(38)39-18-24-21-12-6-4-10-19(21)20-11-5-7-13-22(20)24/h4-15,24,26,28,35H,16-18H2,1-3H3,(H,32,38)(H,36,37)/t26-,28-/m0/s1. The molecule has 4 aromatic rings. The van der Waals surface area contributed by atoms with Crippen LogP contribution in [-0.2, 0) is 27.2 Å². The van der Waals surface area contributed by atoms with E-state index in [1.807, 2.05) is 93.6 Å². The predicted octanol–water partition coefficient (Wildman–Crippen LogP) is 4.70. The van der Waals surface area contributed by atoms with E-state index in [2.05, 4.69) is 10.4 Å². The minimum atomic E-state index is -1.27. The van der Waals surface area contributed by atoms with Gasteiger partial charge in [-0.15, -0.1) is 0 Å². The molecule has 0 aliphatic heterocycles. The van der Waals surface area contributed by atoms with E-state index >= 15 is 0 Å². The Bertz CT molecular complexity index is 1490. The number of hydrogen-bond donors (Lipinski definition) is 3. The van der Waals surface area contributed by atoms with Gasteiger partial charge in [-0.3, -0.25) is 4.68 Å². The molecular formula is C31H33N3O6. The quantitative estimate of drug-likeness (QED) is 0.262. The predicted molar refractivity (Wildman–Crippen MR) is 150 cm³/mol. The minimum Gasteiger partial charge on any atom is -0.480 e. The van der Waals surface area contributed by atoms with Gasteiger partial charge in [-0.25, -0.2) is 9.59 Å². The van der Waals surface area contributed by atoms with Crippen LogP contribution in [0.2, 0.25) is 0 Å². The van der Waals surface area contributed by atoms with Crippen LogP contribution in [0.25, 0.3) is 22.0 Å². The molecule has 5 rings (SSSR count). The molecule has 0 fully saturated rings. The Kier molecular flexibility index (Phi) is 7.60. The number of para-hydroxylation sites is 1. The van der Waals surface area contributed by atoms with E-state index in [1.165, 1.54) is 0 Å². The molecule has 1 aromatic heterocycles. The summed E-state index contributed by atoms with van der Waals surface area (Å²) in [4.78, 5) is 24.9. The molecule has 208 valence electrons. The summed E-state index contributed by atoms with van der Waals surface area (Å²) >= 11 is 0. The van der Waals surface area contributed by atoms with E-state index in [4.69, 9.17) is 9.47 Å². The SMILES string of the molecule is CC(C)(C)O[C@H](O)Cn1nc(C[C@H](NC(=O)OCC2c3ccccc3-c3ccccc32)C(=O)O)c2ccccc21. The van der Waals surface area contributed by atoms with Crippen LogP contribution in [-0.4, -0.2) is 56.6 Å². The number of fused-ring (bicyclic) bond motifs is 4. The average molecular weight is 544 g/mol. The summed E-state index contributed by atoms with van der Waals surface area (Å²) in [6.45, 7) is 5.67. The zero-order valence-corrected chi connectivity index (χ0v) is 22.7. The maximum atomic E-state index is 12.8. The fourth-order valence-corrected chi connectivity index (χ4v) is 5.26. The minimum absolute atomic E-state index is 0.0648. The summed E-state index contributed by atoms with van der Waals surface area (Å²) in [5, 5.41) is 28.1. The van der Waals surface area contributed by atoms with Gasteiger partial charge >= 0.3 is 12.1 Å². The summed E-state index contributed by atoms with van der Waals surface area (Å²) in [5.41, 5.74) is 5.00. The van der Waals surface area contributed by atoms with Crippen LogP contribution in [0.15, 0.2) is 72.8 Å². The van der Waals surface area contributed by atoms with Crippen LogP contribution in [0.3, 0.4) is 0 Å². The van der Waals surface area contributed by atoms with Crippen molar-refractivity contribution in [1.29, 1.82) is 0 Å². The number of nitrogens with one attached hydrogen (secondary N) is 1. The summed E-state index contributed by atoms with van der Waals surface area (Å²) in [7, 11) is 0. The number of carbonyl (C=O) groups excluding carboxylic acids is 1. The molecule has 3 aromatic carbocycles. The zero-order chi connectivity index (χ0) is 28.4. The Morgan fingerprint density at radius 1 is 0.975 bits per heavy atom. The van der Waals surface area contributed by atoms with Gasteiger partial charge in [0.05, 0.1) is 23.4 Å². The van der Waals surface area contributed by atoms with Crippen molar-refractivity contribution >= 4 is 23.0 Å².